The largest absolute Gasteiger partial charge is 0.379 e. The summed E-state index contributed by atoms with van der Waals surface area (Å²) in [7, 11) is 0. The summed E-state index contributed by atoms with van der Waals surface area (Å²) in [4.78, 5) is 24.2. The maximum absolute atomic E-state index is 12.9. The Hall–Kier alpha value is -3.14. The minimum Gasteiger partial charge on any atom is -0.379 e. The summed E-state index contributed by atoms with van der Waals surface area (Å²) in [6.07, 6.45) is 0. The van der Waals surface area contributed by atoms with Gasteiger partial charge in [0, 0.05) is 43.1 Å². The van der Waals surface area contributed by atoms with Crippen LogP contribution in [0.3, 0.4) is 0 Å². The molecule has 0 radical (unpaired) electrons. The smallest absolute Gasteiger partial charge is 0.252 e. The Morgan fingerprint density at radius 3 is 2.42 bits per heavy atom. The molecule has 174 valence electrons. The number of amides is 1. The molecule has 0 aliphatic carbocycles. The van der Waals surface area contributed by atoms with Crippen molar-refractivity contribution in [2.75, 3.05) is 44.7 Å². The lowest BCUT2D eigenvalue weighted by Crippen LogP contribution is -2.43. The molecule has 9 nitrogen and oxygen atoms in total. The highest BCUT2D eigenvalue weighted by molar-refractivity contribution is 5.91. The quantitative estimate of drug-likeness (QED) is 0.544. The fourth-order valence-electron chi connectivity index (χ4n) is 3.96. The number of benzene rings is 1. The number of hydrogen-bond donors (Lipinski definition) is 2. The van der Waals surface area contributed by atoms with Gasteiger partial charge in [-0.2, -0.15) is 9.78 Å². The van der Waals surface area contributed by atoms with Gasteiger partial charge in [0.05, 0.1) is 25.5 Å². The first-order chi connectivity index (χ1) is 16.0. The molecule has 4 rings (SSSR count). The van der Waals surface area contributed by atoms with Gasteiger partial charge in [-0.05, 0) is 32.4 Å². The molecule has 1 saturated heterocycles. The van der Waals surface area contributed by atoms with E-state index in [2.05, 4.69) is 42.7 Å². The van der Waals surface area contributed by atoms with Crippen molar-refractivity contribution in [2.24, 2.45) is 0 Å². The fourth-order valence-corrected chi connectivity index (χ4v) is 3.96. The van der Waals surface area contributed by atoms with E-state index in [0.29, 0.717) is 11.8 Å². The van der Waals surface area contributed by atoms with Crippen LogP contribution in [-0.4, -0.2) is 69.9 Å². The average Bonchev–Trinajstić information content (AvgIpc) is 3.17. The number of hydrogen-bond acceptors (Lipinski definition) is 7. The third-order valence-electron chi connectivity index (χ3n) is 5.51. The molecular weight excluding hydrogens is 418 g/mol. The number of ether oxygens (including phenoxy) is 1. The third-order valence-corrected chi connectivity index (χ3v) is 5.51. The van der Waals surface area contributed by atoms with Crippen molar-refractivity contribution >= 4 is 11.7 Å². The van der Waals surface area contributed by atoms with Crippen LogP contribution in [0.25, 0.3) is 5.95 Å². The van der Waals surface area contributed by atoms with E-state index in [9.17, 15) is 4.79 Å². The van der Waals surface area contributed by atoms with Gasteiger partial charge in [0.2, 0.25) is 5.91 Å². The molecule has 1 fully saturated rings. The summed E-state index contributed by atoms with van der Waals surface area (Å²) < 4.78 is 7.05. The van der Waals surface area contributed by atoms with Crippen molar-refractivity contribution in [1.82, 2.24) is 30.0 Å². The fraction of sp³-hybridized carbons (Fsp3) is 0.417. The van der Waals surface area contributed by atoms with Crippen LogP contribution in [0.2, 0.25) is 0 Å². The summed E-state index contributed by atoms with van der Waals surface area (Å²) >= 11 is 0. The Morgan fingerprint density at radius 2 is 1.73 bits per heavy atom. The second kappa shape index (κ2) is 10.7. The highest BCUT2D eigenvalue weighted by Crippen LogP contribution is 2.17. The number of anilines is 1. The van der Waals surface area contributed by atoms with Crippen LogP contribution in [-0.2, 0) is 9.53 Å². The first kappa shape index (κ1) is 23.0. The van der Waals surface area contributed by atoms with Crippen LogP contribution in [0, 0.1) is 20.8 Å². The van der Waals surface area contributed by atoms with Gasteiger partial charge in [0.1, 0.15) is 5.82 Å². The molecule has 1 atom stereocenters. The molecule has 9 heteroatoms. The normalized spacial score (nSPS) is 15.4. The van der Waals surface area contributed by atoms with Crippen LogP contribution < -0.4 is 10.6 Å². The summed E-state index contributed by atoms with van der Waals surface area (Å²) in [6.45, 7) is 9.95. The topological polar surface area (TPSA) is 97.2 Å². The summed E-state index contributed by atoms with van der Waals surface area (Å²) in [5.74, 6) is 0.843. The molecule has 33 heavy (non-hydrogen) atoms. The zero-order valence-electron chi connectivity index (χ0n) is 19.4. The SMILES string of the molecule is Cc1cc(C)nc(-n2nc(C)cc2NC(=O)CNC(CN2CCOCC2)c2ccccc2)n1. The Labute approximate surface area is 194 Å². The molecule has 2 N–H and O–H groups in total. The van der Waals surface area contributed by atoms with E-state index < -0.39 is 0 Å². The van der Waals surface area contributed by atoms with Crippen molar-refractivity contribution in [3.05, 3.63) is 65.1 Å². The number of aryl methyl sites for hydroxylation is 3. The van der Waals surface area contributed by atoms with Gasteiger partial charge in [-0.1, -0.05) is 30.3 Å². The first-order valence-corrected chi connectivity index (χ1v) is 11.3. The number of nitrogens with one attached hydrogen (secondary N) is 2. The van der Waals surface area contributed by atoms with Crippen LogP contribution in [0.1, 0.15) is 28.7 Å². The molecule has 1 aliphatic rings. The number of aromatic nitrogens is 4. The summed E-state index contributed by atoms with van der Waals surface area (Å²) in [5, 5.41) is 10.9. The van der Waals surface area contributed by atoms with Crippen molar-refractivity contribution < 1.29 is 9.53 Å². The number of nitrogens with zero attached hydrogens (tertiary/aromatic N) is 5. The second-order valence-electron chi connectivity index (χ2n) is 8.34. The van der Waals surface area contributed by atoms with E-state index in [1.165, 1.54) is 0 Å². The minimum absolute atomic E-state index is 0.0319. The van der Waals surface area contributed by atoms with Crippen LogP contribution in [0.4, 0.5) is 5.82 Å². The predicted molar refractivity (Wildman–Crippen MR) is 126 cm³/mol. The average molecular weight is 450 g/mol. The zero-order chi connectivity index (χ0) is 23.2. The summed E-state index contributed by atoms with van der Waals surface area (Å²) in [5.41, 5.74) is 3.62. The van der Waals surface area contributed by atoms with Gasteiger partial charge in [-0.3, -0.25) is 9.69 Å². The molecule has 0 bridgehead atoms. The van der Waals surface area contributed by atoms with Crippen molar-refractivity contribution in [3.8, 4) is 5.95 Å². The maximum Gasteiger partial charge on any atom is 0.252 e. The first-order valence-electron chi connectivity index (χ1n) is 11.3. The monoisotopic (exact) mass is 449 g/mol. The third kappa shape index (κ3) is 6.22. The van der Waals surface area contributed by atoms with Crippen LogP contribution in [0.5, 0.6) is 0 Å². The second-order valence-corrected chi connectivity index (χ2v) is 8.34. The van der Waals surface area contributed by atoms with Crippen LogP contribution in [0.15, 0.2) is 42.5 Å². The Bertz CT molecular complexity index is 1060. The molecule has 1 amide bonds. The predicted octanol–water partition coefficient (Wildman–Crippen LogP) is 2.19. The van der Waals surface area contributed by atoms with Crippen molar-refractivity contribution in [3.63, 3.8) is 0 Å². The maximum atomic E-state index is 12.9. The van der Waals surface area contributed by atoms with E-state index in [4.69, 9.17) is 4.74 Å². The molecule has 1 aliphatic heterocycles. The van der Waals surface area contributed by atoms with Gasteiger partial charge in [0.25, 0.3) is 5.95 Å². The Kier molecular flexibility index (Phi) is 7.43. The Morgan fingerprint density at radius 1 is 1.03 bits per heavy atom. The van der Waals surface area contributed by atoms with Crippen LogP contribution >= 0.6 is 0 Å². The van der Waals surface area contributed by atoms with E-state index in [1.54, 1.807) is 4.68 Å². The highest BCUT2D eigenvalue weighted by atomic mass is 16.5. The number of rotatable bonds is 8. The molecule has 1 aromatic carbocycles. The van der Waals surface area contributed by atoms with Gasteiger partial charge < -0.3 is 15.4 Å². The molecule has 0 saturated carbocycles. The highest BCUT2D eigenvalue weighted by Gasteiger charge is 2.20. The van der Waals surface area contributed by atoms with E-state index in [-0.39, 0.29) is 18.5 Å². The van der Waals surface area contributed by atoms with E-state index >= 15 is 0 Å². The molecule has 0 spiro atoms. The molecule has 1 unspecified atom stereocenters. The van der Waals surface area contributed by atoms with Gasteiger partial charge in [-0.25, -0.2) is 9.97 Å². The Balaban J connectivity index is 1.44. The van der Waals surface area contributed by atoms with Crippen molar-refractivity contribution in [1.29, 1.82) is 0 Å². The van der Waals surface area contributed by atoms with E-state index in [0.717, 1.165) is 55.5 Å². The number of morpholine rings is 1. The molecule has 3 aromatic rings. The van der Waals surface area contributed by atoms with Gasteiger partial charge >= 0.3 is 0 Å². The number of carbonyl (C=O) groups excluding carboxylic acids is 1. The molecule has 3 heterocycles. The lowest BCUT2D eigenvalue weighted by molar-refractivity contribution is -0.115. The zero-order valence-corrected chi connectivity index (χ0v) is 19.4. The van der Waals surface area contributed by atoms with E-state index in [1.807, 2.05) is 51.1 Å². The molecule has 2 aromatic heterocycles. The van der Waals surface area contributed by atoms with Gasteiger partial charge in [-0.15, -0.1) is 0 Å². The molecular formula is C24H31N7O2. The summed E-state index contributed by atoms with van der Waals surface area (Å²) in [6, 6.07) is 14.0. The minimum atomic E-state index is -0.150. The van der Waals surface area contributed by atoms with Gasteiger partial charge in [0.15, 0.2) is 0 Å². The number of carbonyl (C=O) groups is 1. The standard InChI is InChI=1S/C24H31N7O2/c1-17-13-18(2)27-24(26-17)31-22(14-19(3)29-31)28-23(32)15-25-21(20-7-5-4-6-8-20)16-30-9-11-33-12-10-30/h4-8,13-14,21,25H,9-12,15-16H2,1-3H3,(H,28,32). The lowest BCUT2D eigenvalue weighted by atomic mass is 10.1. The van der Waals surface area contributed by atoms with Crippen molar-refractivity contribution in [2.45, 2.75) is 26.8 Å². The lowest BCUT2D eigenvalue weighted by Gasteiger charge is -2.31.